The normalized spacial score (nSPS) is 11.1. The van der Waals surface area contributed by atoms with Gasteiger partial charge in [0.1, 0.15) is 5.75 Å². The molecule has 2 rings (SSSR count). The Balaban J connectivity index is 1.99. The molecule has 0 aliphatic carbocycles. The molecule has 26 heavy (non-hydrogen) atoms. The molecule has 0 heterocycles. The van der Waals surface area contributed by atoms with E-state index in [4.69, 9.17) is 4.74 Å². The van der Waals surface area contributed by atoms with Crippen molar-refractivity contribution in [2.24, 2.45) is 0 Å². The summed E-state index contributed by atoms with van der Waals surface area (Å²) in [6.07, 6.45) is -4.46. The number of rotatable bonds is 7. The molecule has 2 aromatic carbocycles. The minimum atomic E-state index is -4.46. The number of carbonyl (C=O) groups excluding carboxylic acids is 1. The Labute approximate surface area is 150 Å². The summed E-state index contributed by atoms with van der Waals surface area (Å²) in [5, 5.41) is 5.45. The first kappa shape index (κ1) is 19.6. The van der Waals surface area contributed by atoms with Gasteiger partial charge in [0.2, 0.25) is 5.91 Å². The molecule has 2 N–H and O–H groups in total. The van der Waals surface area contributed by atoms with Gasteiger partial charge < -0.3 is 15.4 Å². The van der Waals surface area contributed by atoms with Crippen LogP contribution in [-0.4, -0.2) is 19.1 Å². The highest BCUT2D eigenvalue weighted by Crippen LogP contribution is 2.34. The Morgan fingerprint density at radius 2 is 1.92 bits per heavy atom. The lowest BCUT2D eigenvalue weighted by molar-refractivity contribution is -0.137. The first-order valence-electron chi connectivity index (χ1n) is 8.19. The minimum Gasteiger partial charge on any atom is -0.492 e. The molecule has 140 valence electrons. The molecule has 0 radical (unpaired) electrons. The maximum Gasteiger partial charge on any atom is 0.416 e. The summed E-state index contributed by atoms with van der Waals surface area (Å²) in [6, 6.07) is 10.8. The molecule has 0 fully saturated rings. The molecule has 0 atom stereocenters. The van der Waals surface area contributed by atoms with Crippen molar-refractivity contribution in [3.63, 3.8) is 0 Å². The summed E-state index contributed by atoms with van der Waals surface area (Å²) < 4.78 is 44.0. The van der Waals surface area contributed by atoms with E-state index in [1.807, 2.05) is 31.2 Å². The lowest BCUT2D eigenvalue weighted by Crippen LogP contribution is -2.29. The molecule has 2 aromatic rings. The third-order valence-electron chi connectivity index (χ3n) is 3.62. The molecular weight excluding hydrogens is 345 g/mol. The van der Waals surface area contributed by atoms with Gasteiger partial charge in [-0.05, 0) is 37.6 Å². The molecule has 0 aliphatic heterocycles. The fourth-order valence-corrected chi connectivity index (χ4v) is 2.39. The van der Waals surface area contributed by atoms with Gasteiger partial charge in [0, 0.05) is 6.54 Å². The molecule has 0 unspecified atom stereocenters. The van der Waals surface area contributed by atoms with Crippen molar-refractivity contribution in [2.45, 2.75) is 26.6 Å². The average molecular weight is 366 g/mol. The number of aryl methyl sites for hydroxylation is 1. The maximum atomic E-state index is 12.9. The van der Waals surface area contributed by atoms with E-state index >= 15 is 0 Å². The Bertz CT molecular complexity index is 761. The number of nitrogens with one attached hydrogen (secondary N) is 2. The summed E-state index contributed by atoms with van der Waals surface area (Å²) in [6.45, 7) is 4.18. The van der Waals surface area contributed by atoms with Crippen LogP contribution < -0.4 is 15.4 Å². The van der Waals surface area contributed by atoms with Gasteiger partial charge in [-0.15, -0.1) is 0 Å². The van der Waals surface area contributed by atoms with Crippen molar-refractivity contribution in [3.05, 3.63) is 59.2 Å². The number of hydrogen-bond donors (Lipinski definition) is 2. The SMILES string of the molecule is CCOc1ccc(C(F)(F)F)cc1NCC(=O)NCc1cccc(C)c1. The van der Waals surface area contributed by atoms with Gasteiger partial charge in [0.05, 0.1) is 24.4 Å². The number of hydrogen-bond acceptors (Lipinski definition) is 3. The van der Waals surface area contributed by atoms with Gasteiger partial charge in [-0.2, -0.15) is 13.2 Å². The summed E-state index contributed by atoms with van der Waals surface area (Å²) in [4.78, 5) is 12.0. The summed E-state index contributed by atoms with van der Waals surface area (Å²) in [7, 11) is 0. The second-order valence-corrected chi connectivity index (χ2v) is 5.76. The predicted molar refractivity (Wildman–Crippen MR) is 94.1 cm³/mol. The highest BCUT2D eigenvalue weighted by Gasteiger charge is 2.31. The van der Waals surface area contributed by atoms with Crippen LogP contribution in [0.15, 0.2) is 42.5 Å². The number of anilines is 1. The van der Waals surface area contributed by atoms with E-state index in [0.29, 0.717) is 13.2 Å². The van der Waals surface area contributed by atoms with Crippen molar-refractivity contribution in [1.29, 1.82) is 0 Å². The molecule has 7 heteroatoms. The molecule has 0 saturated heterocycles. The maximum absolute atomic E-state index is 12.9. The lowest BCUT2D eigenvalue weighted by atomic mass is 10.1. The summed E-state index contributed by atoms with van der Waals surface area (Å²) in [5.74, 6) is -0.0571. The predicted octanol–water partition coefficient (Wildman–Crippen LogP) is 4.14. The molecule has 0 bridgehead atoms. The largest absolute Gasteiger partial charge is 0.492 e. The zero-order valence-electron chi connectivity index (χ0n) is 14.6. The first-order valence-corrected chi connectivity index (χ1v) is 8.19. The monoisotopic (exact) mass is 366 g/mol. The van der Waals surface area contributed by atoms with Crippen LogP contribution in [0.5, 0.6) is 5.75 Å². The lowest BCUT2D eigenvalue weighted by Gasteiger charge is -2.15. The minimum absolute atomic E-state index is 0.132. The number of carbonyl (C=O) groups is 1. The molecule has 4 nitrogen and oxygen atoms in total. The highest BCUT2D eigenvalue weighted by molar-refractivity contribution is 5.81. The van der Waals surface area contributed by atoms with E-state index in [0.717, 1.165) is 23.3 Å². The van der Waals surface area contributed by atoms with Gasteiger partial charge in [0.25, 0.3) is 0 Å². The van der Waals surface area contributed by atoms with Crippen molar-refractivity contribution in [3.8, 4) is 5.75 Å². The van der Waals surface area contributed by atoms with Crippen LogP contribution in [-0.2, 0) is 17.5 Å². The fraction of sp³-hybridized carbons (Fsp3) is 0.316. The molecule has 0 spiro atoms. The zero-order chi connectivity index (χ0) is 19.2. The van der Waals surface area contributed by atoms with Crippen LogP contribution in [0.1, 0.15) is 23.6 Å². The van der Waals surface area contributed by atoms with E-state index < -0.39 is 11.7 Å². The van der Waals surface area contributed by atoms with Crippen molar-refractivity contribution < 1.29 is 22.7 Å². The van der Waals surface area contributed by atoms with E-state index in [1.54, 1.807) is 6.92 Å². The Morgan fingerprint density at radius 3 is 2.58 bits per heavy atom. The van der Waals surface area contributed by atoms with Crippen LogP contribution in [0.25, 0.3) is 0 Å². The number of amides is 1. The van der Waals surface area contributed by atoms with Crippen LogP contribution in [0.4, 0.5) is 18.9 Å². The fourth-order valence-electron chi connectivity index (χ4n) is 2.39. The number of ether oxygens (including phenoxy) is 1. The van der Waals surface area contributed by atoms with Crippen LogP contribution in [0, 0.1) is 6.92 Å². The molecule has 1 amide bonds. The third-order valence-corrected chi connectivity index (χ3v) is 3.62. The van der Waals surface area contributed by atoms with Crippen molar-refractivity contribution in [1.82, 2.24) is 5.32 Å². The van der Waals surface area contributed by atoms with E-state index in [-0.39, 0.29) is 23.9 Å². The topological polar surface area (TPSA) is 50.4 Å². The molecule has 0 aromatic heterocycles. The highest BCUT2D eigenvalue weighted by atomic mass is 19.4. The smallest absolute Gasteiger partial charge is 0.416 e. The summed E-state index contributed by atoms with van der Waals surface area (Å²) >= 11 is 0. The Kier molecular flexibility index (Phi) is 6.49. The Hall–Kier alpha value is -2.70. The summed E-state index contributed by atoms with van der Waals surface area (Å²) in [5.41, 5.74) is 1.36. The van der Waals surface area contributed by atoms with Crippen LogP contribution in [0.3, 0.4) is 0 Å². The van der Waals surface area contributed by atoms with Gasteiger partial charge in [-0.1, -0.05) is 29.8 Å². The third kappa shape index (κ3) is 5.68. The standard InChI is InChI=1S/C19H21F3N2O2/c1-3-26-17-8-7-15(19(20,21)22)10-16(17)23-12-18(25)24-11-14-6-4-5-13(2)9-14/h4-10,23H,3,11-12H2,1-2H3,(H,24,25). The van der Waals surface area contributed by atoms with Crippen molar-refractivity contribution in [2.75, 3.05) is 18.5 Å². The van der Waals surface area contributed by atoms with Gasteiger partial charge in [-0.25, -0.2) is 0 Å². The molecule has 0 aliphatic rings. The van der Waals surface area contributed by atoms with Gasteiger partial charge in [-0.3, -0.25) is 4.79 Å². The number of halogens is 3. The Morgan fingerprint density at radius 1 is 1.15 bits per heavy atom. The van der Waals surface area contributed by atoms with Crippen LogP contribution >= 0.6 is 0 Å². The van der Waals surface area contributed by atoms with E-state index in [9.17, 15) is 18.0 Å². The van der Waals surface area contributed by atoms with Crippen LogP contribution in [0.2, 0.25) is 0 Å². The molecular formula is C19H21F3N2O2. The van der Waals surface area contributed by atoms with Gasteiger partial charge >= 0.3 is 6.18 Å². The number of alkyl halides is 3. The molecule has 0 saturated carbocycles. The number of benzene rings is 2. The van der Waals surface area contributed by atoms with E-state index in [1.165, 1.54) is 6.07 Å². The van der Waals surface area contributed by atoms with Crippen molar-refractivity contribution >= 4 is 11.6 Å². The van der Waals surface area contributed by atoms with E-state index in [2.05, 4.69) is 10.6 Å². The first-order chi connectivity index (χ1) is 12.3. The quantitative estimate of drug-likeness (QED) is 0.774. The second kappa shape index (κ2) is 8.60. The second-order valence-electron chi connectivity index (χ2n) is 5.76. The average Bonchev–Trinajstić information content (AvgIpc) is 2.58. The zero-order valence-corrected chi connectivity index (χ0v) is 14.6. The van der Waals surface area contributed by atoms with Gasteiger partial charge in [0.15, 0.2) is 0 Å².